The van der Waals surface area contributed by atoms with Crippen LogP contribution in [0.5, 0.6) is 0 Å². The summed E-state index contributed by atoms with van der Waals surface area (Å²) in [6.45, 7) is 13.9. The molecule has 0 aliphatic heterocycles. The first-order chi connectivity index (χ1) is 15.6. The highest BCUT2D eigenvalue weighted by Crippen LogP contribution is 2.27. The van der Waals surface area contributed by atoms with E-state index in [0.717, 1.165) is 38.5 Å². The van der Waals surface area contributed by atoms with Crippen LogP contribution in [0, 0.1) is 11.8 Å². The number of carbonyl (C=O) groups excluding carboxylic acids is 1. The molecule has 36 heavy (non-hydrogen) atoms. The zero-order chi connectivity index (χ0) is 26.1. The van der Waals surface area contributed by atoms with Gasteiger partial charge in [0.1, 0.15) is 0 Å². The maximum atomic E-state index is 12.0. The van der Waals surface area contributed by atoms with E-state index in [1.165, 1.54) is 0 Å². The van der Waals surface area contributed by atoms with Gasteiger partial charge in [-0.05, 0) is 99.8 Å². The lowest BCUT2D eigenvalue weighted by molar-refractivity contribution is -0.149. The number of hydrogen-bond donors (Lipinski definition) is 3. The second-order valence-electron chi connectivity index (χ2n) is 11.2. The number of aliphatic carboxylic acids is 1. The van der Waals surface area contributed by atoms with Crippen LogP contribution < -0.4 is 9.44 Å². The lowest BCUT2D eigenvalue weighted by Gasteiger charge is -2.29. The molecule has 2 atom stereocenters. The van der Waals surface area contributed by atoms with E-state index in [0.29, 0.717) is 19.4 Å². The number of carbonyl (C=O) groups is 2. The lowest BCUT2D eigenvalue weighted by atomic mass is 9.86. The number of carboxylic acid groups (broad SMARTS) is 1. The Hall–Kier alpha value is -0.840. The molecule has 0 bridgehead atoms. The molecule has 2 fully saturated rings. The first kappa shape index (κ1) is 37.3. The lowest BCUT2D eigenvalue weighted by Crippen LogP contribution is -2.42. The molecule has 0 amide bonds. The first-order valence-electron chi connectivity index (χ1n) is 12.4. The van der Waals surface area contributed by atoms with E-state index in [1.54, 1.807) is 0 Å². The maximum Gasteiger partial charge on any atom is 0.308 e. The molecule has 2 rings (SSSR count). The van der Waals surface area contributed by atoms with Gasteiger partial charge in [0, 0.05) is 12.1 Å². The van der Waals surface area contributed by atoms with Gasteiger partial charge >= 0.3 is 11.9 Å². The van der Waals surface area contributed by atoms with Crippen LogP contribution in [0.4, 0.5) is 0 Å². The highest BCUT2D eigenvalue weighted by atomic mass is 32.2. The Bertz CT molecular complexity index is 702. The second kappa shape index (κ2) is 16.9. The Kier molecular flexibility index (Phi) is 17.5. The Morgan fingerprint density at radius 1 is 0.750 bits per heavy atom. The Morgan fingerprint density at radius 2 is 1.08 bits per heavy atom. The van der Waals surface area contributed by atoms with Gasteiger partial charge < -0.3 is 9.84 Å². The van der Waals surface area contributed by atoms with E-state index in [1.807, 2.05) is 48.5 Å². The molecule has 2 aliphatic carbocycles. The van der Waals surface area contributed by atoms with Crippen molar-refractivity contribution in [1.29, 1.82) is 0 Å². The summed E-state index contributed by atoms with van der Waals surface area (Å²) in [5.41, 5.74) is 0. The van der Waals surface area contributed by atoms with Crippen LogP contribution in [0.3, 0.4) is 0 Å². The monoisotopic (exact) mass is 554 g/mol. The fraction of sp³-hybridized carbons (Fsp3) is 0.923. The summed E-state index contributed by atoms with van der Waals surface area (Å²) in [5.74, 6) is -0.949. The molecule has 216 valence electrons. The largest absolute Gasteiger partial charge is 0.481 e. The van der Waals surface area contributed by atoms with Crippen LogP contribution in [0.1, 0.15) is 115 Å². The number of hydrogen-bond acceptors (Lipinski definition) is 5. The quantitative estimate of drug-likeness (QED) is 0.376. The third-order valence-corrected chi connectivity index (χ3v) is 9.40. The van der Waals surface area contributed by atoms with Crippen LogP contribution >= 0.6 is 0 Å². The SMILES string of the molecule is C.C.CC(C)(C)S(=O)NC1CCC(C(=O)O)CC1.CCOC(=O)C1CCC(NS(=O)C(C)(C)C)CC1. The normalized spacial score (nSPS) is 26.1. The van der Waals surface area contributed by atoms with Crippen molar-refractivity contribution in [2.24, 2.45) is 11.8 Å². The van der Waals surface area contributed by atoms with E-state index in [2.05, 4.69) is 9.44 Å². The molecule has 0 spiro atoms. The average molecular weight is 555 g/mol. The van der Waals surface area contributed by atoms with Crippen LogP contribution in [0.2, 0.25) is 0 Å². The maximum absolute atomic E-state index is 12.0. The van der Waals surface area contributed by atoms with Crippen LogP contribution in [0.15, 0.2) is 0 Å². The molecule has 0 aromatic rings. The molecule has 0 radical (unpaired) electrons. The number of nitrogens with one attached hydrogen (secondary N) is 2. The molecule has 8 nitrogen and oxygen atoms in total. The molecular weight excluding hydrogens is 500 g/mol. The molecule has 10 heteroatoms. The van der Waals surface area contributed by atoms with Crippen molar-refractivity contribution in [3.63, 3.8) is 0 Å². The first-order valence-corrected chi connectivity index (χ1v) is 14.7. The van der Waals surface area contributed by atoms with Gasteiger partial charge in [-0.1, -0.05) is 14.9 Å². The van der Waals surface area contributed by atoms with Crippen LogP contribution in [-0.2, 0) is 36.3 Å². The van der Waals surface area contributed by atoms with Crippen LogP contribution in [0.25, 0.3) is 0 Å². The number of rotatable bonds is 7. The van der Waals surface area contributed by atoms with Crippen molar-refractivity contribution in [2.75, 3.05) is 6.61 Å². The molecule has 2 unspecified atom stereocenters. The third-order valence-electron chi connectivity index (χ3n) is 6.08. The highest BCUT2D eigenvalue weighted by Gasteiger charge is 2.30. The fourth-order valence-electron chi connectivity index (χ4n) is 3.82. The molecule has 2 aliphatic rings. The zero-order valence-corrected chi connectivity index (χ0v) is 23.6. The highest BCUT2D eigenvalue weighted by molar-refractivity contribution is 7.84. The topological polar surface area (TPSA) is 122 Å². The standard InChI is InChI=1S/C13H25NO3S.C11H21NO3S.2CH4/c1-5-17-12(15)10-6-8-11(9-7-10)14-18(16)13(2,3)4;1-11(2,3)16(15)12-9-6-4-8(5-7-9)10(13)14;;/h10-11,14H,5-9H2,1-4H3;8-9,12H,4-7H2,1-3H3,(H,13,14);2*1H4. The van der Waals surface area contributed by atoms with E-state index >= 15 is 0 Å². The second-order valence-corrected chi connectivity index (χ2v) is 15.2. The molecule has 3 N–H and O–H groups in total. The van der Waals surface area contributed by atoms with Gasteiger partial charge in [-0.25, -0.2) is 17.9 Å². The smallest absolute Gasteiger partial charge is 0.308 e. The Balaban J connectivity index is 0. The zero-order valence-electron chi connectivity index (χ0n) is 22.0. The fourth-order valence-corrected chi connectivity index (χ4v) is 5.61. The van der Waals surface area contributed by atoms with E-state index in [9.17, 15) is 18.0 Å². The molecule has 0 heterocycles. The van der Waals surface area contributed by atoms with E-state index in [4.69, 9.17) is 9.84 Å². The van der Waals surface area contributed by atoms with Gasteiger partial charge in [-0.3, -0.25) is 9.59 Å². The van der Waals surface area contributed by atoms with Crippen molar-refractivity contribution >= 4 is 33.9 Å². The van der Waals surface area contributed by atoms with Crippen molar-refractivity contribution in [3.8, 4) is 0 Å². The Labute approximate surface area is 225 Å². The average Bonchev–Trinajstić information content (AvgIpc) is 2.74. The molecule has 0 aromatic heterocycles. The van der Waals surface area contributed by atoms with Crippen molar-refractivity contribution in [2.45, 2.75) is 136 Å². The predicted octanol–water partition coefficient (Wildman–Crippen LogP) is 5.11. The van der Waals surface area contributed by atoms with Crippen molar-refractivity contribution in [1.82, 2.24) is 9.44 Å². The van der Waals surface area contributed by atoms with Gasteiger partial charge in [0.15, 0.2) is 0 Å². The van der Waals surface area contributed by atoms with Gasteiger partial charge in [0.25, 0.3) is 0 Å². The van der Waals surface area contributed by atoms with Gasteiger partial charge in [0.2, 0.25) is 0 Å². The molecule has 0 aromatic carbocycles. The molecule has 2 saturated carbocycles. The van der Waals surface area contributed by atoms with E-state index in [-0.39, 0.29) is 54.2 Å². The minimum atomic E-state index is -1.05. The van der Waals surface area contributed by atoms with E-state index < -0.39 is 27.9 Å². The summed E-state index contributed by atoms with van der Waals surface area (Å²) < 4.78 is 34.6. The van der Waals surface area contributed by atoms with Gasteiger partial charge in [-0.15, -0.1) is 0 Å². The van der Waals surface area contributed by atoms with Crippen molar-refractivity contribution < 1.29 is 27.9 Å². The molecule has 0 saturated heterocycles. The Morgan fingerprint density at radius 3 is 1.36 bits per heavy atom. The summed E-state index contributed by atoms with van der Waals surface area (Å²) in [4.78, 5) is 22.3. The molecular formula is C26H54N2O6S2. The number of ether oxygens (including phenoxy) is 1. The summed E-state index contributed by atoms with van der Waals surface area (Å²) in [6.07, 6.45) is 6.44. The number of carboxylic acids is 1. The summed E-state index contributed by atoms with van der Waals surface area (Å²) in [6, 6.07) is 0.464. The summed E-state index contributed by atoms with van der Waals surface area (Å²) in [7, 11) is -2.08. The summed E-state index contributed by atoms with van der Waals surface area (Å²) >= 11 is 0. The minimum absolute atomic E-state index is 0. The van der Waals surface area contributed by atoms with Crippen molar-refractivity contribution in [3.05, 3.63) is 0 Å². The van der Waals surface area contributed by atoms with Gasteiger partial charge in [-0.2, -0.15) is 0 Å². The third kappa shape index (κ3) is 13.6. The number of esters is 1. The van der Waals surface area contributed by atoms with Gasteiger partial charge in [0.05, 0.1) is 49.9 Å². The minimum Gasteiger partial charge on any atom is -0.481 e. The van der Waals surface area contributed by atoms with Crippen LogP contribution in [-0.4, -0.2) is 53.6 Å². The predicted molar refractivity (Wildman–Crippen MR) is 151 cm³/mol. The summed E-state index contributed by atoms with van der Waals surface area (Å²) in [5, 5.41) is 8.86.